The third kappa shape index (κ3) is 18.2. The molecule has 3 aromatic carbocycles. The Balaban J connectivity index is 1.42. The molecule has 0 saturated carbocycles. The van der Waals surface area contributed by atoms with Gasteiger partial charge in [0.1, 0.15) is 28.5 Å². The number of aryl methyl sites for hydroxylation is 1. The highest BCUT2D eigenvalue weighted by Crippen LogP contribution is 2.33. The number of anilines is 2. The topological polar surface area (TPSA) is 177 Å². The largest absolute Gasteiger partial charge is 0.493 e. The number of alkyl carbamates (subject to hydrolysis) is 2. The summed E-state index contributed by atoms with van der Waals surface area (Å²) in [5.74, 6) is 0.548. The van der Waals surface area contributed by atoms with E-state index < -0.39 is 29.3 Å². The quantitative estimate of drug-likeness (QED) is 0.0889. The van der Waals surface area contributed by atoms with Crippen molar-refractivity contribution in [1.29, 1.82) is 0 Å². The molecule has 65 heavy (non-hydrogen) atoms. The van der Waals surface area contributed by atoms with Crippen LogP contribution in [0.5, 0.6) is 17.2 Å². The van der Waals surface area contributed by atoms with Crippen molar-refractivity contribution < 1.29 is 47.7 Å². The Morgan fingerprint density at radius 3 is 1.88 bits per heavy atom. The number of nitrogens with zero attached hydrogens (tertiary/aromatic N) is 3. The molecule has 3 aromatic rings. The molecule has 4 rings (SSSR count). The van der Waals surface area contributed by atoms with Gasteiger partial charge in [0, 0.05) is 58.3 Å². The van der Waals surface area contributed by atoms with Crippen molar-refractivity contribution in [2.45, 2.75) is 98.2 Å². The van der Waals surface area contributed by atoms with Gasteiger partial charge in [-0.3, -0.25) is 14.4 Å². The van der Waals surface area contributed by atoms with E-state index in [-0.39, 0.29) is 42.9 Å². The van der Waals surface area contributed by atoms with Crippen molar-refractivity contribution >= 4 is 41.3 Å². The fraction of sp³-hybridized carbons (Fsp3) is 0.531. The number of likely N-dealkylation sites (N-methyl/N-ethyl adjacent to an activating group) is 1. The third-order valence-electron chi connectivity index (χ3n) is 10.0. The summed E-state index contributed by atoms with van der Waals surface area (Å²) < 4.78 is 29.0. The minimum Gasteiger partial charge on any atom is -0.493 e. The molecular formula is C49H70N6O10. The first-order valence-electron chi connectivity index (χ1n) is 22.5. The van der Waals surface area contributed by atoms with Gasteiger partial charge < -0.3 is 54.3 Å². The van der Waals surface area contributed by atoms with Crippen molar-refractivity contribution in [1.82, 2.24) is 20.4 Å². The van der Waals surface area contributed by atoms with Crippen molar-refractivity contribution in [2.24, 2.45) is 0 Å². The number of nitrogens with one attached hydrogen (secondary N) is 3. The highest BCUT2D eigenvalue weighted by atomic mass is 16.6. The van der Waals surface area contributed by atoms with E-state index in [0.29, 0.717) is 60.9 Å². The van der Waals surface area contributed by atoms with Crippen LogP contribution >= 0.6 is 0 Å². The van der Waals surface area contributed by atoms with Gasteiger partial charge in [-0.2, -0.15) is 0 Å². The van der Waals surface area contributed by atoms with Crippen LogP contribution in [0.25, 0.3) is 0 Å². The molecule has 1 saturated heterocycles. The first-order chi connectivity index (χ1) is 30.8. The zero-order valence-corrected chi connectivity index (χ0v) is 39.8. The highest BCUT2D eigenvalue weighted by Gasteiger charge is 2.23. The summed E-state index contributed by atoms with van der Waals surface area (Å²) in [6, 6.07) is 17.3. The zero-order chi connectivity index (χ0) is 47.6. The van der Waals surface area contributed by atoms with E-state index in [9.17, 15) is 24.0 Å². The van der Waals surface area contributed by atoms with E-state index in [4.69, 9.17) is 23.7 Å². The fourth-order valence-corrected chi connectivity index (χ4v) is 6.63. The molecule has 0 spiro atoms. The molecule has 0 aromatic heterocycles. The van der Waals surface area contributed by atoms with E-state index in [1.54, 1.807) is 91.1 Å². The van der Waals surface area contributed by atoms with Crippen LogP contribution in [-0.4, -0.2) is 124 Å². The first kappa shape index (κ1) is 51.6. The lowest BCUT2D eigenvalue weighted by atomic mass is 10.1. The van der Waals surface area contributed by atoms with Gasteiger partial charge in [-0.25, -0.2) is 9.59 Å². The molecule has 3 N–H and O–H groups in total. The number of benzene rings is 3. The molecule has 1 aliphatic heterocycles. The number of ether oxygens (including phenoxy) is 5. The Labute approximate surface area is 384 Å². The standard InChI is InChI=1S/C49H70N6O10/c1-35-20-23-39(42(33-35)63-30-14-10-11-19-43(56)55-28-26-53(8)27-29-55)54(9)45(58)36-21-22-38(41(34-36)62-32-16-25-51-47(60)65-49(5,6)7)52-44(57)37-17-12-13-18-40(37)61-31-15-24-50-46(59)64-48(2,3)4/h12-13,17-18,20-23,33-34H,10-11,14-16,19,24-32H2,1-9H3,(H,50,59)(H,51,60)(H,52,57). The predicted molar refractivity (Wildman–Crippen MR) is 251 cm³/mol. The average Bonchev–Trinajstić information content (AvgIpc) is 3.23. The number of piperazine rings is 1. The number of unbranched alkanes of at least 4 members (excludes halogenated alkanes) is 2. The third-order valence-corrected chi connectivity index (χ3v) is 10.0. The van der Waals surface area contributed by atoms with Gasteiger partial charge in [-0.1, -0.05) is 18.2 Å². The Hall–Kier alpha value is -6.03. The number of rotatable bonds is 21. The predicted octanol–water partition coefficient (Wildman–Crippen LogP) is 7.82. The minimum atomic E-state index is -0.644. The van der Waals surface area contributed by atoms with Crippen LogP contribution in [0.4, 0.5) is 21.0 Å². The lowest BCUT2D eigenvalue weighted by molar-refractivity contribution is -0.132. The molecule has 0 unspecified atom stereocenters. The van der Waals surface area contributed by atoms with Crippen LogP contribution in [0.3, 0.4) is 0 Å². The summed E-state index contributed by atoms with van der Waals surface area (Å²) in [4.78, 5) is 70.5. The number of para-hydroxylation sites is 1. The number of amides is 5. The smallest absolute Gasteiger partial charge is 0.407 e. The SMILES string of the molecule is Cc1ccc(N(C)C(=O)c2ccc(NC(=O)c3ccccc3OCCCNC(=O)OC(C)(C)C)c(OCCCNC(=O)OC(C)(C)C)c2)c(OCCCCCC(=O)N2CCN(C)CC2)c1. The Morgan fingerprint density at radius 1 is 0.662 bits per heavy atom. The molecular weight excluding hydrogens is 833 g/mol. The van der Waals surface area contributed by atoms with E-state index in [2.05, 4.69) is 27.9 Å². The van der Waals surface area contributed by atoms with E-state index in [1.165, 1.54) is 4.90 Å². The maximum Gasteiger partial charge on any atom is 0.407 e. The molecule has 0 radical (unpaired) electrons. The maximum atomic E-state index is 14.2. The van der Waals surface area contributed by atoms with Gasteiger partial charge in [-0.05, 0) is 136 Å². The number of hydrogen-bond acceptors (Lipinski definition) is 11. The molecule has 16 nitrogen and oxygen atoms in total. The number of carbonyl (C=O) groups is 5. The zero-order valence-electron chi connectivity index (χ0n) is 39.8. The monoisotopic (exact) mass is 903 g/mol. The second kappa shape index (κ2) is 24.9. The van der Waals surface area contributed by atoms with E-state index in [1.807, 2.05) is 30.0 Å². The summed E-state index contributed by atoms with van der Waals surface area (Å²) in [5.41, 5.74) is 1.18. The first-order valence-corrected chi connectivity index (χ1v) is 22.5. The van der Waals surface area contributed by atoms with Crippen LogP contribution < -0.4 is 35.1 Å². The molecule has 1 heterocycles. The lowest BCUT2D eigenvalue weighted by Gasteiger charge is -2.32. The van der Waals surface area contributed by atoms with Crippen molar-refractivity contribution in [2.75, 3.05) is 83.4 Å². The molecule has 16 heteroatoms. The van der Waals surface area contributed by atoms with Crippen molar-refractivity contribution in [3.8, 4) is 17.2 Å². The fourth-order valence-electron chi connectivity index (χ4n) is 6.63. The summed E-state index contributed by atoms with van der Waals surface area (Å²) in [5, 5.41) is 8.33. The van der Waals surface area contributed by atoms with Crippen molar-refractivity contribution in [3.63, 3.8) is 0 Å². The van der Waals surface area contributed by atoms with Crippen molar-refractivity contribution in [3.05, 3.63) is 77.4 Å². The second-order valence-corrected chi connectivity index (χ2v) is 18.1. The normalized spacial score (nSPS) is 13.0. The lowest BCUT2D eigenvalue weighted by Crippen LogP contribution is -2.47. The number of hydrogen-bond donors (Lipinski definition) is 3. The summed E-state index contributed by atoms with van der Waals surface area (Å²) in [6.07, 6.45) is 2.70. The van der Waals surface area contributed by atoms with Crippen LogP contribution in [0.15, 0.2) is 60.7 Å². The molecule has 356 valence electrons. The van der Waals surface area contributed by atoms with Gasteiger partial charge in [0.15, 0.2) is 0 Å². The van der Waals surface area contributed by atoms with Gasteiger partial charge in [0.05, 0.1) is 36.8 Å². The van der Waals surface area contributed by atoms with Gasteiger partial charge in [-0.15, -0.1) is 0 Å². The number of carbonyl (C=O) groups excluding carboxylic acids is 5. The van der Waals surface area contributed by atoms with E-state index in [0.717, 1.165) is 51.0 Å². The van der Waals surface area contributed by atoms with Crippen LogP contribution in [-0.2, 0) is 14.3 Å². The Morgan fingerprint density at radius 2 is 1.25 bits per heavy atom. The van der Waals surface area contributed by atoms with Gasteiger partial charge in [0.25, 0.3) is 11.8 Å². The van der Waals surface area contributed by atoms with Crippen LogP contribution in [0, 0.1) is 6.92 Å². The van der Waals surface area contributed by atoms with Gasteiger partial charge in [0.2, 0.25) is 5.91 Å². The van der Waals surface area contributed by atoms with Crippen LogP contribution in [0.1, 0.15) is 106 Å². The molecule has 5 amide bonds. The summed E-state index contributed by atoms with van der Waals surface area (Å²) in [6.45, 7) is 17.4. The van der Waals surface area contributed by atoms with Gasteiger partial charge >= 0.3 is 12.2 Å². The van der Waals surface area contributed by atoms with E-state index >= 15 is 0 Å². The molecule has 1 aliphatic rings. The maximum absolute atomic E-state index is 14.2. The summed E-state index contributed by atoms with van der Waals surface area (Å²) in [7, 11) is 3.74. The molecule has 0 atom stereocenters. The average molecular weight is 903 g/mol. The Bertz CT molecular complexity index is 2060. The molecule has 0 bridgehead atoms. The highest BCUT2D eigenvalue weighted by molar-refractivity contribution is 6.09. The Kier molecular flexibility index (Phi) is 19.7. The minimum absolute atomic E-state index is 0.142. The second-order valence-electron chi connectivity index (χ2n) is 18.1. The molecule has 1 fully saturated rings. The molecule has 0 aliphatic carbocycles. The van der Waals surface area contributed by atoms with Crippen LogP contribution in [0.2, 0.25) is 0 Å². The summed E-state index contributed by atoms with van der Waals surface area (Å²) >= 11 is 0.